The van der Waals surface area contributed by atoms with Crippen LogP contribution in [-0.4, -0.2) is 13.5 Å². The van der Waals surface area contributed by atoms with Gasteiger partial charge in [0.1, 0.15) is 0 Å². The number of rotatable bonds is 5. The van der Waals surface area contributed by atoms with Crippen LogP contribution in [0.5, 0.6) is 0 Å². The van der Waals surface area contributed by atoms with Gasteiger partial charge in [-0.3, -0.25) is 4.72 Å². The summed E-state index contributed by atoms with van der Waals surface area (Å²) in [5, 5.41) is 6.72. The lowest BCUT2D eigenvalue weighted by Gasteiger charge is -2.13. The molecule has 150 valence electrons. The predicted octanol–water partition coefficient (Wildman–Crippen LogP) is 5.22. The van der Waals surface area contributed by atoms with E-state index in [0.717, 1.165) is 28.1 Å². The van der Waals surface area contributed by atoms with Gasteiger partial charge >= 0.3 is 0 Å². The Morgan fingerprint density at radius 1 is 0.690 bits per heavy atom. The van der Waals surface area contributed by atoms with E-state index in [1.807, 2.05) is 32.9 Å². The number of aryl methyl sites for hydroxylation is 3. The molecule has 0 bridgehead atoms. The third-order valence-electron chi connectivity index (χ3n) is 4.21. The highest BCUT2D eigenvalue weighted by Gasteiger charge is 2.13. The summed E-state index contributed by atoms with van der Waals surface area (Å²) >= 11 is 5.37. The Morgan fingerprint density at radius 2 is 1.21 bits per heavy atom. The van der Waals surface area contributed by atoms with Crippen molar-refractivity contribution in [3.8, 4) is 0 Å². The van der Waals surface area contributed by atoms with E-state index in [1.54, 1.807) is 48.5 Å². The number of hydrogen-bond acceptors (Lipinski definition) is 3. The SMILES string of the molecule is Cc1ccc(S(=O)(=O)Nc2ccc(NC(=S)Nc3cc(C)cc(C)c3)cc2)cc1. The first-order chi connectivity index (χ1) is 13.7. The smallest absolute Gasteiger partial charge is 0.261 e. The van der Waals surface area contributed by atoms with Gasteiger partial charge < -0.3 is 10.6 Å². The third-order valence-corrected chi connectivity index (χ3v) is 5.81. The van der Waals surface area contributed by atoms with E-state index in [9.17, 15) is 8.42 Å². The van der Waals surface area contributed by atoms with Crippen molar-refractivity contribution < 1.29 is 8.42 Å². The Kier molecular flexibility index (Phi) is 6.20. The molecule has 5 nitrogen and oxygen atoms in total. The number of benzene rings is 3. The number of sulfonamides is 1. The third kappa shape index (κ3) is 5.79. The van der Waals surface area contributed by atoms with Crippen molar-refractivity contribution in [3.05, 3.63) is 83.4 Å². The second-order valence-electron chi connectivity index (χ2n) is 6.95. The van der Waals surface area contributed by atoms with Gasteiger partial charge in [0.2, 0.25) is 0 Å². The van der Waals surface area contributed by atoms with E-state index in [0.29, 0.717) is 10.8 Å². The van der Waals surface area contributed by atoms with E-state index < -0.39 is 10.0 Å². The quantitative estimate of drug-likeness (QED) is 0.489. The first-order valence-electron chi connectivity index (χ1n) is 9.07. The molecule has 0 aromatic heterocycles. The number of thiocarbonyl (C=S) groups is 1. The molecule has 3 aromatic rings. The molecule has 0 saturated carbocycles. The van der Waals surface area contributed by atoms with Crippen LogP contribution < -0.4 is 15.4 Å². The number of anilines is 3. The van der Waals surface area contributed by atoms with Crippen molar-refractivity contribution in [2.24, 2.45) is 0 Å². The molecule has 0 unspecified atom stereocenters. The summed E-state index contributed by atoms with van der Waals surface area (Å²) in [6.07, 6.45) is 0. The monoisotopic (exact) mass is 425 g/mol. The predicted molar refractivity (Wildman–Crippen MR) is 124 cm³/mol. The Balaban J connectivity index is 1.63. The summed E-state index contributed by atoms with van der Waals surface area (Å²) in [6, 6.07) is 19.8. The van der Waals surface area contributed by atoms with Gasteiger partial charge in [0.05, 0.1) is 4.90 Å². The molecule has 3 N–H and O–H groups in total. The zero-order chi connectivity index (χ0) is 21.0. The molecule has 0 spiro atoms. The van der Waals surface area contributed by atoms with Crippen LogP contribution in [0.2, 0.25) is 0 Å². The average molecular weight is 426 g/mol. The van der Waals surface area contributed by atoms with Crippen LogP contribution in [0.3, 0.4) is 0 Å². The average Bonchev–Trinajstić information content (AvgIpc) is 2.62. The van der Waals surface area contributed by atoms with Crippen LogP contribution in [0.1, 0.15) is 16.7 Å². The fraction of sp³-hybridized carbons (Fsp3) is 0.136. The standard InChI is InChI=1S/C22H23N3O2S2/c1-15-4-10-21(11-5-15)29(26,27)25-19-8-6-18(7-9-19)23-22(28)24-20-13-16(2)12-17(3)14-20/h4-14,25H,1-3H3,(H2,23,24,28). The summed E-state index contributed by atoms with van der Waals surface area (Å²) in [6.45, 7) is 5.98. The summed E-state index contributed by atoms with van der Waals surface area (Å²) in [5.74, 6) is 0. The highest BCUT2D eigenvalue weighted by Crippen LogP contribution is 2.19. The van der Waals surface area contributed by atoms with Crippen LogP contribution >= 0.6 is 12.2 Å². The first-order valence-corrected chi connectivity index (χ1v) is 11.0. The molecule has 0 amide bonds. The van der Waals surface area contributed by atoms with Crippen LogP contribution in [0.4, 0.5) is 17.1 Å². The van der Waals surface area contributed by atoms with Gasteiger partial charge in [0.15, 0.2) is 5.11 Å². The van der Waals surface area contributed by atoms with E-state index in [-0.39, 0.29) is 4.90 Å². The maximum absolute atomic E-state index is 12.5. The highest BCUT2D eigenvalue weighted by atomic mass is 32.2. The van der Waals surface area contributed by atoms with E-state index >= 15 is 0 Å². The van der Waals surface area contributed by atoms with Gasteiger partial charge in [-0.1, -0.05) is 23.8 Å². The van der Waals surface area contributed by atoms with Gasteiger partial charge in [-0.25, -0.2) is 8.42 Å². The van der Waals surface area contributed by atoms with Crippen molar-refractivity contribution in [3.63, 3.8) is 0 Å². The minimum Gasteiger partial charge on any atom is -0.332 e. The zero-order valence-electron chi connectivity index (χ0n) is 16.5. The molecule has 3 rings (SSSR count). The molecule has 29 heavy (non-hydrogen) atoms. The van der Waals surface area contributed by atoms with Crippen molar-refractivity contribution >= 4 is 44.4 Å². The minimum atomic E-state index is -3.62. The van der Waals surface area contributed by atoms with E-state index in [1.165, 1.54) is 0 Å². The highest BCUT2D eigenvalue weighted by molar-refractivity contribution is 7.92. The summed E-state index contributed by atoms with van der Waals surface area (Å²) in [4.78, 5) is 0.226. The van der Waals surface area contributed by atoms with Gasteiger partial charge in [-0.05, 0) is 92.6 Å². The van der Waals surface area contributed by atoms with Crippen LogP contribution in [0.25, 0.3) is 0 Å². The van der Waals surface area contributed by atoms with Gasteiger partial charge in [0.25, 0.3) is 10.0 Å². The van der Waals surface area contributed by atoms with Crippen molar-refractivity contribution in [2.75, 3.05) is 15.4 Å². The van der Waals surface area contributed by atoms with Gasteiger partial charge in [-0.15, -0.1) is 0 Å². The Hall–Kier alpha value is -2.90. The topological polar surface area (TPSA) is 70.2 Å². The molecular formula is C22H23N3O2S2. The van der Waals surface area contributed by atoms with E-state index in [4.69, 9.17) is 12.2 Å². The van der Waals surface area contributed by atoms with Crippen molar-refractivity contribution in [2.45, 2.75) is 25.7 Å². The molecule has 0 aliphatic heterocycles. The van der Waals surface area contributed by atoms with Crippen LogP contribution in [0.15, 0.2) is 71.6 Å². The second kappa shape index (κ2) is 8.63. The Morgan fingerprint density at radius 3 is 1.79 bits per heavy atom. The Bertz CT molecular complexity index is 1100. The summed E-state index contributed by atoms with van der Waals surface area (Å²) in [7, 11) is -3.62. The first kappa shape index (κ1) is 20.8. The molecule has 0 aliphatic carbocycles. The fourth-order valence-electron chi connectivity index (χ4n) is 2.89. The van der Waals surface area contributed by atoms with Gasteiger partial charge in [0, 0.05) is 17.1 Å². The lowest BCUT2D eigenvalue weighted by Crippen LogP contribution is -2.19. The van der Waals surface area contributed by atoms with Crippen LogP contribution in [0, 0.1) is 20.8 Å². The largest absolute Gasteiger partial charge is 0.332 e. The molecule has 0 saturated heterocycles. The molecule has 0 atom stereocenters. The molecule has 0 aliphatic rings. The molecule has 0 radical (unpaired) electrons. The number of nitrogens with one attached hydrogen (secondary N) is 3. The molecule has 3 aromatic carbocycles. The fourth-order valence-corrected chi connectivity index (χ4v) is 4.19. The minimum absolute atomic E-state index is 0.226. The molecule has 0 fully saturated rings. The maximum Gasteiger partial charge on any atom is 0.261 e. The van der Waals surface area contributed by atoms with E-state index in [2.05, 4.69) is 21.4 Å². The van der Waals surface area contributed by atoms with Crippen molar-refractivity contribution in [1.82, 2.24) is 0 Å². The van der Waals surface area contributed by atoms with Crippen LogP contribution in [-0.2, 0) is 10.0 Å². The summed E-state index contributed by atoms with van der Waals surface area (Å²) in [5.41, 5.74) is 5.46. The second-order valence-corrected chi connectivity index (χ2v) is 9.04. The molecular weight excluding hydrogens is 402 g/mol. The lowest BCUT2D eigenvalue weighted by molar-refractivity contribution is 0.601. The lowest BCUT2D eigenvalue weighted by atomic mass is 10.1. The van der Waals surface area contributed by atoms with Gasteiger partial charge in [-0.2, -0.15) is 0 Å². The van der Waals surface area contributed by atoms with Crippen molar-refractivity contribution in [1.29, 1.82) is 0 Å². The molecule has 0 heterocycles. The summed E-state index contributed by atoms with van der Waals surface area (Å²) < 4.78 is 27.5. The maximum atomic E-state index is 12.5. The Labute approximate surface area is 177 Å². The molecule has 7 heteroatoms. The zero-order valence-corrected chi connectivity index (χ0v) is 18.1. The number of hydrogen-bond donors (Lipinski definition) is 3. The normalized spacial score (nSPS) is 11.0.